The number of nitrogens with one attached hydrogen (secondary N) is 1. The van der Waals surface area contributed by atoms with Gasteiger partial charge in [0.1, 0.15) is 0 Å². The number of nitrogens with zero attached hydrogens (tertiary/aromatic N) is 2. The van der Waals surface area contributed by atoms with E-state index in [1.54, 1.807) is 20.3 Å². The number of hydrogen-bond donors (Lipinski definition) is 1. The Morgan fingerprint density at radius 3 is 2.59 bits per heavy atom. The first-order chi connectivity index (χ1) is 14.0. The molecule has 0 bridgehead atoms. The molecule has 5 nitrogen and oxygen atoms in total. The highest BCUT2D eigenvalue weighted by Gasteiger charge is 2.22. The van der Waals surface area contributed by atoms with E-state index in [2.05, 4.69) is 27.9 Å². The van der Waals surface area contributed by atoms with E-state index in [4.69, 9.17) is 32.7 Å². The lowest BCUT2D eigenvalue weighted by atomic mass is 10.0. The van der Waals surface area contributed by atoms with Gasteiger partial charge in [-0.15, -0.1) is 0 Å². The van der Waals surface area contributed by atoms with Crippen LogP contribution in [-0.2, 0) is 13.0 Å². The molecule has 2 heterocycles. The van der Waals surface area contributed by atoms with Gasteiger partial charge in [0.05, 0.1) is 32.2 Å². The van der Waals surface area contributed by atoms with E-state index in [9.17, 15) is 0 Å². The van der Waals surface area contributed by atoms with E-state index < -0.39 is 0 Å². The van der Waals surface area contributed by atoms with E-state index >= 15 is 0 Å². The molecule has 0 amide bonds. The summed E-state index contributed by atoms with van der Waals surface area (Å²) in [6.45, 7) is 2.94. The maximum Gasteiger partial charge on any atom is 0.203 e. The van der Waals surface area contributed by atoms with Crippen LogP contribution in [0.1, 0.15) is 30.5 Å². The van der Waals surface area contributed by atoms with Crippen molar-refractivity contribution < 1.29 is 9.47 Å². The molecule has 0 spiro atoms. The molecule has 1 unspecified atom stereocenters. The minimum atomic E-state index is -0.0145. The number of methoxy groups -OCH3 is 2. The average Bonchev–Trinajstić information content (AvgIpc) is 3.00. The molecule has 29 heavy (non-hydrogen) atoms. The van der Waals surface area contributed by atoms with Crippen molar-refractivity contribution in [3.63, 3.8) is 0 Å². The predicted octanol–water partition coefficient (Wildman–Crippen LogP) is 5.99. The summed E-state index contributed by atoms with van der Waals surface area (Å²) < 4.78 is 13.2. The van der Waals surface area contributed by atoms with Gasteiger partial charge in [-0.1, -0.05) is 29.3 Å². The monoisotopic (exact) mass is 431 g/mol. The molecule has 0 fully saturated rings. The first-order valence-corrected chi connectivity index (χ1v) is 10.3. The minimum absolute atomic E-state index is 0.0145. The van der Waals surface area contributed by atoms with Crippen molar-refractivity contribution in [3.8, 4) is 22.8 Å². The Hall–Kier alpha value is -2.37. The molecule has 7 heteroatoms. The second-order valence-electron chi connectivity index (χ2n) is 7.12. The van der Waals surface area contributed by atoms with E-state index in [0.29, 0.717) is 10.0 Å². The number of anilines is 1. The first-order valence-electron chi connectivity index (χ1n) is 9.54. The van der Waals surface area contributed by atoms with Crippen LogP contribution in [0.5, 0.6) is 11.5 Å². The van der Waals surface area contributed by atoms with Gasteiger partial charge < -0.3 is 19.4 Å². The van der Waals surface area contributed by atoms with Gasteiger partial charge >= 0.3 is 0 Å². The predicted molar refractivity (Wildman–Crippen MR) is 118 cm³/mol. The molecular formula is C22H23Cl2N3O2. The molecule has 2 aromatic carbocycles. The zero-order chi connectivity index (χ0) is 20.5. The number of halogens is 2. The fourth-order valence-corrected chi connectivity index (χ4v) is 4.42. The van der Waals surface area contributed by atoms with Crippen LogP contribution in [0.15, 0.2) is 36.5 Å². The number of rotatable bonds is 5. The quantitative estimate of drug-likeness (QED) is 0.538. The third kappa shape index (κ3) is 3.77. The molecule has 1 N–H and O–H groups in total. The fourth-order valence-electron chi connectivity index (χ4n) is 3.85. The zero-order valence-electron chi connectivity index (χ0n) is 16.6. The van der Waals surface area contributed by atoms with Gasteiger partial charge in [-0.3, -0.25) is 0 Å². The lowest BCUT2D eigenvalue weighted by molar-refractivity contribution is 0.354. The van der Waals surface area contributed by atoms with E-state index in [1.165, 1.54) is 5.56 Å². The Bertz CT molecular complexity index is 1050. The van der Waals surface area contributed by atoms with Crippen LogP contribution in [0.25, 0.3) is 11.3 Å². The van der Waals surface area contributed by atoms with Crippen LogP contribution in [0.2, 0.25) is 10.0 Å². The van der Waals surface area contributed by atoms with E-state index in [0.717, 1.165) is 53.7 Å². The summed E-state index contributed by atoms with van der Waals surface area (Å²) in [6.07, 6.45) is 3.89. The molecule has 0 radical (unpaired) electrons. The molecule has 0 aliphatic carbocycles. The number of imidazole rings is 1. The largest absolute Gasteiger partial charge is 0.493 e. The van der Waals surface area contributed by atoms with Gasteiger partial charge in [-0.2, -0.15) is 0 Å². The van der Waals surface area contributed by atoms with Gasteiger partial charge in [0.2, 0.25) is 5.95 Å². The highest BCUT2D eigenvalue weighted by atomic mass is 35.5. The van der Waals surface area contributed by atoms with Crippen LogP contribution in [-0.4, -0.2) is 23.8 Å². The van der Waals surface area contributed by atoms with Crippen LogP contribution >= 0.6 is 23.2 Å². The van der Waals surface area contributed by atoms with Gasteiger partial charge in [0.15, 0.2) is 11.5 Å². The van der Waals surface area contributed by atoms with Gasteiger partial charge in [-0.25, -0.2) is 4.98 Å². The maximum atomic E-state index is 6.39. The lowest BCUT2D eigenvalue weighted by Crippen LogP contribution is -2.12. The second-order valence-corrected chi connectivity index (χ2v) is 7.96. The molecule has 4 rings (SSSR count). The lowest BCUT2D eigenvalue weighted by Gasteiger charge is -2.18. The van der Waals surface area contributed by atoms with Gasteiger partial charge in [0.25, 0.3) is 0 Å². The number of ether oxygens (including phenoxy) is 2. The number of hydrogen-bond acceptors (Lipinski definition) is 4. The normalized spacial score (nSPS) is 13.8. The molecule has 1 aliphatic heterocycles. The van der Waals surface area contributed by atoms with Crippen LogP contribution in [0.3, 0.4) is 0 Å². The molecule has 0 saturated heterocycles. The fraction of sp³-hybridized carbons (Fsp3) is 0.318. The minimum Gasteiger partial charge on any atom is -0.493 e. The Kier molecular flexibility index (Phi) is 5.61. The summed E-state index contributed by atoms with van der Waals surface area (Å²) in [5, 5.41) is 4.77. The van der Waals surface area contributed by atoms with Crippen LogP contribution < -0.4 is 14.8 Å². The molecular weight excluding hydrogens is 409 g/mol. The second kappa shape index (κ2) is 8.17. The van der Waals surface area contributed by atoms with Gasteiger partial charge in [0, 0.05) is 22.2 Å². The maximum absolute atomic E-state index is 6.39. The van der Waals surface area contributed by atoms with E-state index in [1.807, 2.05) is 24.4 Å². The molecule has 0 saturated carbocycles. The van der Waals surface area contributed by atoms with Gasteiger partial charge in [-0.05, 0) is 55.2 Å². The smallest absolute Gasteiger partial charge is 0.203 e. The first kappa shape index (κ1) is 19.9. The summed E-state index contributed by atoms with van der Waals surface area (Å²) >= 11 is 12.4. The van der Waals surface area contributed by atoms with E-state index in [-0.39, 0.29) is 6.04 Å². The molecule has 1 aromatic heterocycles. The third-order valence-corrected chi connectivity index (χ3v) is 5.91. The topological polar surface area (TPSA) is 48.3 Å². The van der Waals surface area contributed by atoms with Crippen molar-refractivity contribution in [3.05, 3.63) is 57.7 Å². The molecule has 1 atom stereocenters. The molecule has 3 aromatic rings. The summed E-state index contributed by atoms with van der Waals surface area (Å²) in [4.78, 5) is 4.66. The van der Waals surface area contributed by atoms with Crippen LogP contribution in [0, 0.1) is 0 Å². The highest BCUT2D eigenvalue weighted by Crippen LogP contribution is 2.39. The SMILES string of the molecule is COc1cc2c(cc1OC)-c1cnc(NC(C)c3ccc(Cl)cc3Cl)n1CCC2. The summed E-state index contributed by atoms with van der Waals surface area (Å²) in [6, 6.07) is 9.65. The van der Waals surface area contributed by atoms with Crippen molar-refractivity contribution in [2.45, 2.75) is 32.4 Å². The van der Waals surface area contributed by atoms with Crippen molar-refractivity contribution in [2.24, 2.45) is 0 Å². The average molecular weight is 432 g/mol. The van der Waals surface area contributed by atoms with Crippen molar-refractivity contribution in [1.82, 2.24) is 9.55 Å². The standard InChI is InChI=1S/C22H23Cl2N3O2/c1-13(16-7-6-15(23)10-18(16)24)26-22-25-12-19-17-11-21(29-3)20(28-2)9-14(17)5-4-8-27(19)22/h6-7,9-13H,4-5,8H2,1-3H3,(H,25,26). The molecule has 152 valence electrons. The van der Waals surface area contributed by atoms with Crippen LogP contribution in [0.4, 0.5) is 5.95 Å². The molecule has 1 aliphatic rings. The Morgan fingerprint density at radius 2 is 1.86 bits per heavy atom. The zero-order valence-corrected chi connectivity index (χ0v) is 18.1. The summed E-state index contributed by atoms with van der Waals surface area (Å²) in [7, 11) is 3.32. The van der Waals surface area contributed by atoms with Crippen molar-refractivity contribution >= 4 is 29.2 Å². The summed E-state index contributed by atoms with van der Waals surface area (Å²) in [5.41, 5.74) is 4.41. The number of fused-ring (bicyclic) bond motifs is 3. The highest BCUT2D eigenvalue weighted by molar-refractivity contribution is 6.35. The third-order valence-electron chi connectivity index (χ3n) is 5.34. The van der Waals surface area contributed by atoms with Crippen molar-refractivity contribution in [2.75, 3.05) is 19.5 Å². The van der Waals surface area contributed by atoms with Crippen molar-refractivity contribution in [1.29, 1.82) is 0 Å². The number of aromatic nitrogens is 2. The Morgan fingerprint density at radius 1 is 1.10 bits per heavy atom. The Balaban J connectivity index is 1.70. The Labute approximate surface area is 180 Å². The number of benzene rings is 2. The summed E-state index contributed by atoms with van der Waals surface area (Å²) in [5.74, 6) is 2.29. The number of aryl methyl sites for hydroxylation is 1.